The molecule has 1 fully saturated rings. The Labute approximate surface area is 90.5 Å². The molecule has 0 aromatic heterocycles. The zero-order valence-electron chi connectivity index (χ0n) is 9.44. The molecule has 1 nitrogen and oxygen atoms in total. The van der Waals surface area contributed by atoms with E-state index in [0.29, 0.717) is 6.54 Å². The summed E-state index contributed by atoms with van der Waals surface area (Å²) in [6.45, 7) is 4.48. The van der Waals surface area contributed by atoms with Crippen molar-refractivity contribution in [1.82, 2.24) is 0 Å². The van der Waals surface area contributed by atoms with Gasteiger partial charge in [0.1, 0.15) is 5.82 Å². The quantitative estimate of drug-likeness (QED) is 0.793. The summed E-state index contributed by atoms with van der Waals surface area (Å²) < 4.78 is 13.3. The van der Waals surface area contributed by atoms with E-state index in [2.05, 4.69) is 0 Å². The van der Waals surface area contributed by atoms with Crippen molar-refractivity contribution in [2.45, 2.75) is 38.5 Å². The average molecular weight is 207 g/mol. The van der Waals surface area contributed by atoms with Crippen molar-refractivity contribution in [2.24, 2.45) is 5.73 Å². The zero-order chi connectivity index (χ0) is 11.1. The summed E-state index contributed by atoms with van der Waals surface area (Å²) >= 11 is 0. The number of hydrogen-bond donors (Lipinski definition) is 1. The van der Waals surface area contributed by atoms with Crippen LogP contribution in [0.3, 0.4) is 0 Å². The topological polar surface area (TPSA) is 26.0 Å². The molecule has 0 unspecified atom stereocenters. The molecule has 1 aliphatic carbocycles. The lowest BCUT2D eigenvalue weighted by atomic mass is 9.63. The van der Waals surface area contributed by atoms with E-state index in [4.69, 9.17) is 5.73 Å². The highest BCUT2D eigenvalue weighted by molar-refractivity contribution is 5.39. The van der Waals surface area contributed by atoms with Gasteiger partial charge >= 0.3 is 0 Å². The smallest absolute Gasteiger partial charge is 0.126 e. The Kier molecular flexibility index (Phi) is 2.55. The molecule has 82 valence electrons. The van der Waals surface area contributed by atoms with E-state index in [1.807, 2.05) is 19.9 Å². The van der Waals surface area contributed by atoms with E-state index in [9.17, 15) is 4.39 Å². The van der Waals surface area contributed by atoms with E-state index < -0.39 is 0 Å². The first kappa shape index (κ1) is 10.6. The van der Waals surface area contributed by atoms with Crippen LogP contribution in [-0.4, -0.2) is 6.54 Å². The third-order valence-corrected chi connectivity index (χ3v) is 3.78. The lowest BCUT2D eigenvalue weighted by Crippen LogP contribution is -2.42. The molecule has 2 heteroatoms. The summed E-state index contributed by atoms with van der Waals surface area (Å²) in [5.41, 5.74) is 9.04. The van der Waals surface area contributed by atoms with Crippen molar-refractivity contribution in [2.75, 3.05) is 6.54 Å². The van der Waals surface area contributed by atoms with Crippen LogP contribution < -0.4 is 5.73 Å². The van der Waals surface area contributed by atoms with Gasteiger partial charge in [-0.15, -0.1) is 0 Å². The Bertz CT molecular complexity index is 375. The highest BCUT2D eigenvalue weighted by Crippen LogP contribution is 2.44. The van der Waals surface area contributed by atoms with Crippen molar-refractivity contribution < 1.29 is 4.39 Å². The van der Waals surface area contributed by atoms with Crippen LogP contribution in [0.5, 0.6) is 0 Å². The van der Waals surface area contributed by atoms with Crippen LogP contribution in [0.2, 0.25) is 0 Å². The van der Waals surface area contributed by atoms with Gasteiger partial charge in [-0.2, -0.15) is 0 Å². The van der Waals surface area contributed by atoms with Crippen molar-refractivity contribution in [3.8, 4) is 0 Å². The SMILES string of the molecule is Cc1cc(C2(CN)CCC2)c(C)cc1F. The first-order valence-electron chi connectivity index (χ1n) is 5.56. The standard InChI is InChI=1S/C13H18FN/c1-9-7-12(14)10(2)6-11(9)13(8-15)4-3-5-13/h6-7H,3-5,8,15H2,1-2H3. The van der Waals surface area contributed by atoms with Crippen LogP contribution in [0.25, 0.3) is 0 Å². The van der Waals surface area contributed by atoms with Crippen LogP contribution in [0.1, 0.15) is 36.0 Å². The van der Waals surface area contributed by atoms with Gasteiger partial charge in [-0.25, -0.2) is 4.39 Å². The maximum atomic E-state index is 13.3. The second kappa shape index (κ2) is 3.60. The maximum absolute atomic E-state index is 13.3. The van der Waals surface area contributed by atoms with Gasteiger partial charge in [0.05, 0.1) is 0 Å². The van der Waals surface area contributed by atoms with Gasteiger partial charge in [0.15, 0.2) is 0 Å². The van der Waals surface area contributed by atoms with Gasteiger partial charge in [-0.3, -0.25) is 0 Å². The lowest BCUT2D eigenvalue weighted by molar-refractivity contribution is 0.251. The van der Waals surface area contributed by atoms with Crippen LogP contribution >= 0.6 is 0 Å². The second-order valence-corrected chi connectivity index (χ2v) is 4.75. The van der Waals surface area contributed by atoms with Crippen LogP contribution in [0.15, 0.2) is 12.1 Å². The summed E-state index contributed by atoms with van der Waals surface area (Å²) in [6.07, 6.45) is 3.54. The van der Waals surface area contributed by atoms with Crippen molar-refractivity contribution in [1.29, 1.82) is 0 Å². The van der Waals surface area contributed by atoms with Crippen molar-refractivity contribution >= 4 is 0 Å². The number of halogens is 1. The molecule has 1 aliphatic rings. The van der Waals surface area contributed by atoms with Gasteiger partial charge < -0.3 is 5.73 Å². The van der Waals surface area contributed by atoms with Crippen molar-refractivity contribution in [3.05, 3.63) is 34.6 Å². The summed E-state index contributed by atoms with van der Waals surface area (Å²) in [4.78, 5) is 0. The van der Waals surface area contributed by atoms with Crippen LogP contribution in [0.4, 0.5) is 4.39 Å². The van der Waals surface area contributed by atoms with E-state index in [1.165, 1.54) is 12.0 Å². The summed E-state index contributed by atoms with van der Waals surface area (Å²) in [5, 5.41) is 0. The first-order chi connectivity index (χ1) is 7.09. The number of rotatable bonds is 2. The Hall–Kier alpha value is -0.890. The van der Waals surface area contributed by atoms with Gasteiger partial charge in [-0.05, 0) is 49.4 Å². The highest BCUT2D eigenvalue weighted by atomic mass is 19.1. The number of benzene rings is 1. The average Bonchev–Trinajstić information content (AvgIpc) is 2.12. The normalized spacial score (nSPS) is 18.7. The molecule has 2 rings (SSSR count). The molecule has 0 saturated heterocycles. The van der Waals surface area contributed by atoms with Crippen LogP contribution in [0, 0.1) is 19.7 Å². The minimum absolute atomic E-state index is 0.109. The van der Waals surface area contributed by atoms with E-state index in [0.717, 1.165) is 24.0 Å². The fraction of sp³-hybridized carbons (Fsp3) is 0.538. The fourth-order valence-electron chi connectivity index (χ4n) is 2.54. The van der Waals surface area contributed by atoms with E-state index in [1.54, 1.807) is 6.07 Å². The Morgan fingerprint density at radius 3 is 2.40 bits per heavy atom. The Balaban J connectivity index is 2.47. The van der Waals surface area contributed by atoms with Gasteiger partial charge in [0, 0.05) is 12.0 Å². The third kappa shape index (κ3) is 1.57. The predicted molar refractivity (Wildman–Crippen MR) is 60.5 cm³/mol. The van der Waals surface area contributed by atoms with Crippen LogP contribution in [-0.2, 0) is 5.41 Å². The second-order valence-electron chi connectivity index (χ2n) is 4.75. The molecule has 1 saturated carbocycles. The predicted octanol–water partition coefficient (Wildman–Crippen LogP) is 2.82. The molecule has 0 aliphatic heterocycles. The summed E-state index contributed by atoms with van der Waals surface area (Å²) in [5.74, 6) is -0.109. The fourth-order valence-corrected chi connectivity index (χ4v) is 2.54. The number of aryl methyl sites for hydroxylation is 2. The molecule has 0 heterocycles. The van der Waals surface area contributed by atoms with E-state index in [-0.39, 0.29) is 11.2 Å². The molecule has 0 bridgehead atoms. The zero-order valence-corrected chi connectivity index (χ0v) is 9.44. The third-order valence-electron chi connectivity index (χ3n) is 3.78. The molecular formula is C13H18FN. The molecule has 1 aromatic rings. The largest absolute Gasteiger partial charge is 0.330 e. The monoisotopic (exact) mass is 207 g/mol. The molecule has 0 radical (unpaired) electrons. The van der Waals surface area contributed by atoms with Gasteiger partial charge in [-0.1, -0.05) is 12.5 Å². The van der Waals surface area contributed by atoms with E-state index >= 15 is 0 Å². The van der Waals surface area contributed by atoms with Crippen molar-refractivity contribution in [3.63, 3.8) is 0 Å². The first-order valence-corrected chi connectivity index (χ1v) is 5.56. The lowest BCUT2D eigenvalue weighted by Gasteiger charge is -2.42. The molecule has 2 N–H and O–H groups in total. The van der Waals surface area contributed by atoms with Gasteiger partial charge in [0.25, 0.3) is 0 Å². The Morgan fingerprint density at radius 2 is 1.93 bits per heavy atom. The molecular weight excluding hydrogens is 189 g/mol. The highest BCUT2D eigenvalue weighted by Gasteiger charge is 2.38. The molecule has 0 atom stereocenters. The number of hydrogen-bond acceptors (Lipinski definition) is 1. The molecule has 0 amide bonds. The summed E-state index contributed by atoms with van der Waals surface area (Å²) in [7, 11) is 0. The molecule has 15 heavy (non-hydrogen) atoms. The Morgan fingerprint density at radius 1 is 1.27 bits per heavy atom. The summed E-state index contributed by atoms with van der Waals surface area (Å²) in [6, 6.07) is 3.62. The van der Waals surface area contributed by atoms with Gasteiger partial charge in [0.2, 0.25) is 0 Å². The maximum Gasteiger partial charge on any atom is 0.126 e. The molecule has 1 aromatic carbocycles. The minimum atomic E-state index is -0.109. The number of nitrogens with two attached hydrogens (primary N) is 1. The molecule has 0 spiro atoms. The minimum Gasteiger partial charge on any atom is -0.330 e.